The molecule has 1 N–H and O–H groups in total. The molecule has 2 fully saturated rings. The predicted molar refractivity (Wildman–Crippen MR) is 129 cm³/mol. The van der Waals surface area contributed by atoms with Crippen LogP contribution < -0.4 is 15.0 Å². The van der Waals surface area contributed by atoms with Gasteiger partial charge in [0.15, 0.2) is 0 Å². The number of nitrogens with one attached hydrogen (secondary N) is 1. The van der Waals surface area contributed by atoms with Gasteiger partial charge in [-0.25, -0.2) is 9.97 Å². The first-order chi connectivity index (χ1) is 16.1. The van der Waals surface area contributed by atoms with Crippen molar-refractivity contribution in [1.82, 2.24) is 20.2 Å². The maximum absolute atomic E-state index is 12.9. The number of amides is 1. The van der Waals surface area contributed by atoms with Gasteiger partial charge in [-0.15, -0.1) is 0 Å². The predicted octanol–water partition coefficient (Wildman–Crippen LogP) is 2.86. The van der Waals surface area contributed by atoms with Crippen molar-refractivity contribution in [2.75, 3.05) is 44.7 Å². The van der Waals surface area contributed by atoms with Crippen LogP contribution in [0.15, 0.2) is 24.3 Å². The first kappa shape index (κ1) is 22.3. The average molecular weight is 450 g/mol. The summed E-state index contributed by atoms with van der Waals surface area (Å²) >= 11 is 0. The third-order valence-electron chi connectivity index (χ3n) is 7.52. The fraction of sp³-hybridized carbons (Fsp3) is 0.577. The number of ether oxygens (including phenoxy) is 1. The number of rotatable bonds is 6. The van der Waals surface area contributed by atoms with Crippen molar-refractivity contribution in [1.29, 1.82) is 0 Å². The number of piperidine rings is 2. The van der Waals surface area contributed by atoms with Crippen LogP contribution in [0.4, 0.5) is 5.82 Å². The molecule has 4 heterocycles. The molecular weight excluding hydrogens is 414 g/mol. The van der Waals surface area contributed by atoms with Crippen LogP contribution in [0.3, 0.4) is 0 Å². The molecule has 3 aliphatic rings. The molecule has 0 spiro atoms. The summed E-state index contributed by atoms with van der Waals surface area (Å²) < 4.78 is 5.25. The lowest BCUT2D eigenvalue weighted by Crippen LogP contribution is -2.47. The number of nitrogens with zero attached hydrogens (tertiary/aromatic N) is 4. The number of carbonyl (C=O) groups excluding carboxylic acids is 1. The van der Waals surface area contributed by atoms with Crippen LogP contribution >= 0.6 is 0 Å². The third kappa shape index (κ3) is 4.75. The van der Waals surface area contributed by atoms with Crippen molar-refractivity contribution in [2.45, 2.75) is 57.4 Å². The maximum Gasteiger partial charge on any atom is 0.232 e. The summed E-state index contributed by atoms with van der Waals surface area (Å²) in [6.07, 6.45) is 5.97. The van der Waals surface area contributed by atoms with Gasteiger partial charge in [0.25, 0.3) is 0 Å². The largest absolute Gasteiger partial charge is 0.497 e. The first-order valence-corrected chi connectivity index (χ1v) is 12.4. The molecule has 1 aromatic heterocycles. The zero-order valence-corrected chi connectivity index (χ0v) is 19.8. The van der Waals surface area contributed by atoms with Crippen molar-refractivity contribution in [3.05, 3.63) is 46.9 Å². The number of anilines is 1. The lowest BCUT2D eigenvalue weighted by atomic mass is 9.93. The van der Waals surface area contributed by atoms with E-state index in [0.717, 1.165) is 61.1 Å². The highest BCUT2D eigenvalue weighted by atomic mass is 16.5. The second kappa shape index (κ2) is 9.77. The van der Waals surface area contributed by atoms with Crippen LogP contribution in [0.5, 0.6) is 5.75 Å². The Kier molecular flexibility index (Phi) is 6.60. The minimum absolute atomic E-state index is 0.132. The van der Waals surface area contributed by atoms with E-state index in [9.17, 15) is 4.79 Å². The summed E-state index contributed by atoms with van der Waals surface area (Å²) in [5.41, 5.74) is 3.16. The summed E-state index contributed by atoms with van der Waals surface area (Å²) in [5, 5.41) is 3.48. The molecule has 2 saturated heterocycles. The standard InChI is InChI=1S/C26H35N5O2/c1-18-23-16-24(32)31(15-11-19-5-7-22(33-2)8-6-19)26(23)29-25(28-18)20-4-3-14-30(17-20)21-9-12-27-13-10-21/h5-8,20-21,27H,3-4,9-17H2,1-2H3. The molecule has 3 aliphatic heterocycles. The summed E-state index contributed by atoms with van der Waals surface area (Å²) in [6, 6.07) is 8.74. The van der Waals surface area contributed by atoms with Gasteiger partial charge in [-0.1, -0.05) is 12.1 Å². The molecule has 1 atom stereocenters. The highest BCUT2D eigenvalue weighted by Crippen LogP contribution is 2.33. The zero-order chi connectivity index (χ0) is 22.8. The smallest absolute Gasteiger partial charge is 0.232 e. The Morgan fingerprint density at radius 1 is 1.12 bits per heavy atom. The fourth-order valence-corrected chi connectivity index (χ4v) is 5.56. The Balaban J connectivity index is 1.32. The van der Waals surface area contributed by atoms with Crippen LogP contribution in [0.2, 0.25) is 0 Å². The highest BCUT2D eigenvalue weighted by Gasteiger charge is 2.34. The first-order valence-electron chi connectivity index (χ1n) is 12.4. The summed E-state index contributed by atoms with van der Waals surface area (Å²) in [5.74, 6) is 3.09. The van der Waals surface area contributed by atoms with Gasteiger partial charge >= 0.3 is 0 Å². The van der Waals surface area contributed by atoms with Crippen molar-refractivity contribution in [3.8, 4) is 5.75 Å². The lowest BCUT2D eigenvalue weighted by Gasteiger charge is -2.39. The molecule has 176 valence electrons. The van der Waals surface area contributed by atoms with E-state index in [-0.39, 0.29) is 5.91 Å². The number of fused-ring (bicyclic) bond motifs is 1. The SMILES string of the molecule is COc1ccc(CCN2C(=O)Cc3c(C)nc(C4CCCN(C5CCNCC5)C4)nc32)cc1. The molecule has 1 unspecified atom stereocenters. The van der Waals surface area contributed by atoms with Crippen molar-refractivity contribution < 1.29 is 9.53 Å². The Morgan fingerprint density at radius 3 is 2.67 bits per heavy atom. The van der Waals surface area contributed by atoms with E-state index in [0.29, 0.717) is 24.9 Å². The Labute approximate surface area is 196 Å². The number of aryl methyl sites for hydroxylation is 1. The molecule has 0 bridgehead atoms. The maximum atomic E-state index is 12.9. The lowest BCUT2D eigenvalue weighted by molar-refractivity contribution is -0.117. The second-order valence-corrected chi connectivity index (χ2v) is 9.60. The minimum Gasteiger partial charge on any atom is -0.497 e. The number of hydrogen-bond acceptors (Lipinski definition) is 6. The molecule has 0 saturated carbocycles. The van der Waals surface area contributed by atoms with Gasteiger partial charge in [0.05, 0.1) is 13.5 Å². The van der Waals surface area contributed by atoms with Gasteiger partial charge in [0.1, 0.15) is 17.4 Å². The second-order valence-electron chi connectivity index (χ2n) is 9.60. The average Bonchev–Trinajstić information content (AvgIpc) is 3.19. The molecule has 1 aromatic carbocycles. The van der Waals surface area contributed by atoms with E-state index in [2.05, 4.69) is 22.3 Å². The minimum atomic E-state index is 0.132. The van der Waals surface area contributed by atoms with Crippen LogP contribution in [-0.2, 0) is 17.6 Å². The van der Waals surface area contributed by atoms with Gasteiger partial charge in [0.2, 0.25) is 5.91 Å². The molecule has 1 amide bonds. The van der Waals surface area contributed by atoms with Crippen LogP contribution in [-0.4, -0.2) is 66.7 Å². The van der Waals surface area contributed by atoms with Gasteiger partial charge in [-0.3, -0.25) is 14.6 Å². The topological polar surface area (TPSA) is 70.6 Å². The number of aromatic nitrogens is 2. The van der Waals surface area contributed by atoms with E-state index in [1.54, 1.807) is 7.11 Å². The molecule has 0 aliphatic carbocycles. The van der Waals surface area contributed by atoms with Crippen molar-refractivity contribution >= 4 is 11.7 Å². The Hall–Kier alpha value is -2.51. The molecule has 2 aromatic rings. The van der Waals surface area contributed by atoms with Crippen LogP contribution in [0, 0.1) is 6.92 Å². The summed E-state index contributed by atoms with van der Waals surface area (Å²) in [7, 11) is 1.67. The van der Waals surface area contributed by atoms with Gasteiger partial charge < -0.3 is 10.1 Å². The van der Waals surface area contributed by atoms with E-state index in [1.807, 2.05) is 24.0 Å². The molecule has 7 nitrogen and oxygen atoms in total. The number of methoxy groups -OCH3 is 1. The molecule has 0 radical (unpaired) electrons. The van der Waals surface area contributed by atoms with Crippen molar-refractivity contribution in [3.63, 3.8) is 0 Å². The Morgan fingerprint density at radius 2 is 1.91 bits per heavy atom. The Bertz CT molecular complexity index is 987. The molecule has 33 heavy (non-hydrogen) atoms. The molecular formula is C26H35N5O2. The highest BCUT2D eigenvalue weighted by molar-refractivity contribution is 6.00. The fourth-order valence-electron chi connectivity index (χ4n) is 5.56. The monoisotopic (exact) mass is 449 g/mol. The van der Waals surface area contributed by atoms with Gasteiger partial charge in [0, 0.05) is 36.3 Å². The van der Waals surface area contributed by atoms with E-state index in [1.165, 1.54) is 31.4 Å². The van der Waals surface area contributed by atoms with E-state index < -0.39 is 0 Å². The summed E-state index contributed by atoms with van der Waals surface area (Å²) in [4.78, 5) is 27.4. The van der Waals surface area contributed by atoms with E-state index >= 15 is 0 Å². The molecule has 5 rings (SSSR count). The summed E-state index contributed by atoms with van der Waals surface area (Å²) in [6.45, 7) is 7.12. The number of hydrogen-bond donors (Lipinski definition) is 1. The number of carbonyl (C=O) groups is 1. The van der Waals surface area contributed by atoms with Gasteiger partial charge in [-0.2, -0.15) is 0 Å². The van der Waals surface area contributed by atoms with Crippen molar-refractivity contribution in [2.24, 2.45) is 0 Å². The van der Waals surface area contributed by atoms with Crippen LogP contribution in [0.1, 0.15) is 54.2 Å². The normalized spacial score (nSPS) is 21.9. The number of likely N-dealkylation sites (tertiary alicyclic amines) is 1. The van der Waals surface area contributed by atoms with E-state index in [4.69, 9.17) is 14.7 Å². The third-order valence-corrected chi connectivity index (χ3v) is 7.52. The van der Waals surface area contributed by atoms with Gasteiger partial charge in [-0.05, 0) is 76.4 Å². The van der Waals surface area contributed by atoms with Crippen LogP contribution in [0.25, 0.3) is 0 Å². The molecule has 7 heteroatoms. The quantitative estimate of drug-likeness (QED) is 0.731. The zero-order valence-electron chi connectivity index (χ0n) is 19.8. The number of benzene rings is 1.